The Balaban J connectivity index is 0. The van der Waals surface area contributed by atoms with Crippen LogP contribution >= 0.6 is 0 Å². The zero-order valence-electron chi connectivity index (χ0n) is 18.8. The van der Waals surface area contributed by atoms with Crippen LogP contribution in [-0.2, 0) is 9.59 Å². The van der Waals surface area contributed by atoms with Gasteiger partial charge in [-0.15, -0.1) is 0 Å². The van der Waals surface area contributed by atoms with Gasteiger partial charge in [-0.2, -0.15) is 0 Å². The Morgan fingerprint density at radius 1 is 0.821 bits per heavy atom. The molecule has 0 saturated heterocycles. The Labute approximate surface area is 172 Å². The van der Waals surface area contributed by atoms with Gasteiger partial charge >= 0.3 is 11.9 Å². The Kier molecular flexibility index (Phi) is 19.9. The van der Waals surface area contributed by atoms with E-state index in [0.29, 0.717) is 19.4 Å². The SMILES string of the molecule is CCCCCCCCCCCCCC(=O)O.CN(C)C(C)(CCCN)C(=O)O. The zero-order valence-corrected chi connectivity index (χ0v) is 18.8. The van der Waals surface area contributed by atoms with Gasteiger partial charge in [0, 0.05) is 6.42 Å². The number of carboxylic acids is 2. The molecular weight excluding hydrogens is 356 g/mol. The van der Waals surface area contributed by atoms with E-state index in [1.165, 1.54) is 57.8 Å². The highest BCUT2D eigenvalue weighted by Crippen LogP contribution is 2.18. The summed E-state index contributed by atoms with van der Waals surface area (Å²) in [6, 6.07) is 0. The van der Waals surface area contributed by atoms with Crippen molar-refractivity contribution < 1.29 is 19.8 Å². The van der Waals surface area contributed by atoms with Gasteiger partial charge in [0.05, 0.1) is 0 Å². The van der Waals surface area contributed by atoms with Gasteiger partial charge in [-0.3, -0.25) is 14.5 Å². The van der Waals surface area contributed by atoms with Crippen molar-refractivity contribution in [2.75, 3.05) is 20.6 Å². The summed E-state index contributed by atoms with van der Waals surface area (Å²) in [6.07, 6.45) is 15.7. The highest BCUT2D eigenvalue weighted by atomic mass is 16.4. The summed E-state index contributed by atoms with van der Waals surface area (Å²) in [4.78, 5) is 22.9. The van der Waals surface area contributed by atoms with Crippen LogP contribution in [0.5, 0.6) is 0 Å². The maximum atomic E-state index is 10.9. The Morgan fingerprint density at radius 3 is 1.57 bits per heavy atom. The molecule has 0 aliphatic rings. The molecule has 0 radical (unpaired) electrons. The standard InChI is InChI=1S/C14H28O2.C8H18N2O2/c1-2-3-4-5-6-7-8-9-10-11-12-13-14(15)16;1-8(7(11)12,10(2)3)5-4-6-9/h2-13H2,1H3,(H,15,16);4-6,9H2,1-3H3,(H,11,12). The van der Waals surface area contributed by atoms with E-state index in [0.717, 1.165) is 19.3 Å². The lowest BCUT2D eigenvalue weighted by atomic mass is 9.95. The van der Waals surface area contributed by atoms with Crippen LogP contribution in [-0.4, -0.2) is 53.2 Å². The van der Waals surface area contributed by atoms with Gasteiger partial charge < -0.3 is 15.9 Å². The minimum atomic E-state index is -0.791. The van der Waals surface area contributed by atoms with Gasteiger partial charge in [-0.1, -0.05) is 71.1 Å². The average Bonchev–Trinajstić information content (AvgIpc) is 2.64. The van der Waals surface area contributed by atoms with E-state index in [-0.39, 0.29) is 0 Å². The molecule has 1 unspecified atom stereocenters. The number of hydrogen-bond acceptors (Lipinski definition) is 4. The number of unbranched alkanes of at least 4 members (excludes halogenated alkanes) is 10. The summed E-state index contributed by atoms with van der Waals surface area (Å²) in [7, 11) is 3.54. The molecule has 0 aliphatic heterocycles. The molecule has 168 valence electrons. The number of rotatable bonds is 17. The Bertz CT molecular complexity index is 389. The van der Waals surface area contributed by atoms with Crippen LogP contribution in [0.25, 0.3) is 0 Å². The molecule has 4 N–H and O–H groups in total. The van der Waals surface area contributed by atoms with E-state index < -0.39 is 17.5 Å². The molecule has 0 bridgehead atoms. The van der Waals surface area contributed by atoms with Crippen molar-refractivity contribution in [2.45, 2.75) is 109 Å². The normalized spacial score (nSPS) is 12.9. The van der Waals surface area contributed by atoms with E-state index in [2.05, 4.69) is 6.92 Å². The van der Waals surface area contributed by atoms with Gasteiger partial charge in [0.1, 0.15) is 5.54 Å². The van der Waals surface area contributed by atoms with Crippen molar-refractivity contribution >= 4 is 11.9 Å². The predicted molar refractivity (Wildman–Crippen MR) is 117 cm³/mol. The zero-order chi connectivity index (χ0) is 21.8. The van der Waals surface area contributed by atoms with Crippen molar-refractivity contribution in [3.63, 3.8) is 0 Å². The molecule has 0 rings (SSSR count). The third kappa shape index (κ3) is 17.0. The molecule has 0 aromatic heterocycles. The molecule has 0 fully saturated rings. The molecule has 6 heteroatoms. The van der Waals surface area contributed by atoms with Crippen molar-refractivity contribution in [3.8, 4) is 0 Å². The fraction of sp³-hybridized carbons (Fsp3) is 0.909. The number of carbonyl (C=O) groups is 2. The first-order valence-corrected chi connectivity index (χ1v) is 11.0. The van der Waals surface area contributed by atoms with Crippen LogP contribution in [0.2, 0.25) is 0 Å². The van der Waals surface area contributed by atoms with Crippen LogP contribution in [0.15, 0.2) is 0 Å². The van der Waals surface area contributed by atoms with Crippen molar-refractivity contribution in [2.24, 2.45) is 5.73 Å². The number of carboxylic acid groups (broad SMARTS) is 2. The first kappa shape index (κ1) is 29.1. The molecule has 0 saturated carbocycles. The molecule has 0 aliphatic carbocycles. The van der Waals surface area contributed by atoms with E-state index in [9.17, 15) is 9.59 Å². The van der Waals surface area contributed by atoms with Crippen molar-refractivity contribution in [1.82, 2.24) is 4.90 Å². The van der Waals surface area contributed by atoms with E-state index in [4.69, 9.17) is 15.9 Å². The number of nitrogens with two attached hydrogens (primary N) is 1. The Hall–Kier alpha value is -1.14. The van der Waals surface area contributed by atoms with E-state index in [1.807, 2.05) is 0 Å². The second-order valence-corrected chi connectivity index (χ2v) is 8.04. The molecular formula is C22H46N2O4. The second kappa shape index (κ2) is 19.2. The summed E-state index contributed by atoms with van der Waals surface area (Å²) < 4.78 is 0. The van der Waals surface area contributed by atoms with Crippen molar-refractivity contribution in [3.05, 3.63) is 0 Å². The van der Waals surface area contributed by atoms with E-state index >= 15 is 0 Å². The highest BCUT2D eigenvalue weighted by Gasteiger charge is 2.34. The maximum absolute atomic E-state index is 10.9. The number of nitrogens with zero attached hydrogens (tertiary/aromatic N) is 1. The summed E-state index contributed by atoms with van der Waals surface area (Å²) in [5.41, 5.74) is 4.55. The van der Waals surface area contributed by atoms with Crippen LogP contribution in [0, 0.1) is 0 Å². The lowest BCUT2D eigenvalue weighted by Crippen LogP contribution is -2.48. The topological polar surface area (TPSA) is 104 Å². The van der Waals surface area contributed by atoms with Gasteiger partial charge in [-0.05, 0) is 46.8 Å². The molecule has 0 spiro atoms. The summed E-state index contributed by atoms with van der Waals surface area (Å²) in [6.45, 7) is 4.50. The summed E-state index contributed by atoms with van der Waals surface area (Å²) in [5.74, 6) is -1.45. The molecule has 28 heavy (non-hydrogen) atoms. The second-order valence-electron chi connectivity index (χ2n) is 8.04. The van der Waals surface area contributed by atoms with Crippen LogP contribution in [0.4, 0.5) is 0 Å². The molecule has 0 aromatic rings. The predicted octanol–water partition coefficient (Wildman–Crippen LogP) is 4.90. The van der Waals surface area contributed by atoms with Crippen LogP contribution in [0.1, 0.15) is 104 Å². The monoisotopic (exact) mass is 402 g/mol. The quantitative estimate of drug-likeness (QED) is 0.299. The minimum absolute atomic E-state index is 0.344. The molecule has 0 amide bonds. The lowest BCUT2D eigenvalue weighted by Gasteiger charge is -2.31. The first-order valence-electron chi connectivity index (χ1n) is 11.0. The minimum Gasteiger partial charge on any atom is -0.481 e. The fourth-order valence-corrected chi connectivity index (χ4v) is 2.91. The van der Waals surface area contributed by atoms with Crippen LogP contribution in [0.3, 0.4) is 0 Å². The average molecular weight is 403 g/mol. The summed E-state index contributed by atoms with van der Waals surface area (Å²) >= 11 is 0. The van der Waals surface area contributed by atoms with Gasteiger partial charge in [0.25, 0.3) is 0 Å². The number of likely N-dealkylation sites (N-methyl/N-ethyl adjacent to an activating group) is 1. The molecule has 0 heterocycles. The first-order chi connectivity index (χ1) is 13.2. The van der Waals surface area contributed by atoms with E-state index in [1.54, 1.807) is 25.9 Å². The molecule has 0 aromatic carbocycles. The number of hydrogen-bond donors (Lipinski definition) is 3. The third-order valence-electron chi connectivity index (χ3n) is 5.31. The Morgan fingerprint density at radius 2 is 1.25 bits per heavy atom. The van der Waals surface area contributed by atoms with Gasteiger partial charge in [0.2, 0.25) is 0 Å². The van der Waals surface area contributed by atoms with Crippen molar-refractivity contribution in [1.29, 1.82) is 0 Å². The van der Waals surface area contributed by atoms with Gasteiger partial charge in [0.15, 0.2) is 0 Å². The smallest absolute Gasteiger partial charge is 0.323 e. The third-order valence-corrected chi connectivity index (χ3v) is 5.31. The lowest BCUT2D eigenvalue weighted by molar-refractivity contribution is -0.149. The highest BCUT2D eigenvalue weighted by molar-refractivity contribution is 5.78. The largest absolute Gasteiger partial charge is 0.481 e. The number of aliphatic carboxylic acids is 2. The molecule has 1 atom stereocenters. The van der Waals surface area contributed by atoms with Crippen LogP contribution < -0.4 is 5.73 Å². The molecule has 6 nitrogen and oxygen atoms in total. The fourth-order valence-electron chi connectivity index (χ4n) is 2.91. The summed E-state index contributed by atoms with van der Waals surface area (Å²) in [5, 5.41) is 17.4. The maximum Gasteiger partial charge on any atom is 0.323 e. The van der Waals surface area contributed by atoms with Gasteiger partial charge in [-0.25, -0.2) is 0 Å².